The molecule has 1 atom stereocenters. The van der Waals surface area contributed by atoms with Gasteiger partial charge in [0.1, 0.15) is 5.75 Å². The van der Waals surface area contributed by atoms with Gasteiger partial charge in [-0.1, -0.05) is 0 Å². The Morgan fingerprint density at radius 1 is 0.774 bits per heavy atom. The summed E-state index contributed by atoms with van der Waals surface area (Å²) < 4.78 is 15.8. The van der Waals surface area contributed by atoms with E-state index in [1.807, 2.05) is 24.3 Å². The number of carbonyl (C=O) groups excluding carboxylic acids is 2. The van der Waals surface area contributed by atoms with Crippen molar-refractivity contribution < 1.29 is 23.8 Å². The minimum atomic E-state index is -0.432. The molecule has 2 aliphatic heterocycles. The van der Waals surface area contributed by atoms with Gasteiger partial charge < -0.3 is 19.1 Å². The lowest BCUT2D eigenvalue weighted by Gasteiger charge is -2.38. The number of amides is 2. The van der Waals surface area contributed by atoms with Crippen LogP contribution in [0.5, 0.6) is 17.2 Å². The Morgan fingerprint density at radius 3 is 2.03 bits per heavy atom. The zero-order chi connectivity index (χ0) is 22.0. The van der Waals surface area contributed by atoms with Crippen LogP contribution >= 0.6 is 0 Å². The van der Waals surface area contributed by atoms with Crippen LogP contribution in [0.4, 0.5) is 11.4 Å². The molecule has 2 heterocycles. The average molecular weight is 425 g/mol. The fraction of sp³-hybridized carbons (Fsp3) is 0.391. The lowest BCUT2D eigenvalue weighted by Crippen LogP contribution is -2.52. The number of rotatable bonds is 6. The van der Waals surface area contributed by atoms with Crippen LogP contribution in [0.15, 0.2) is 42.5 Å². The highest BCUT2D eigenvalue weighted by molar-refractivity contribution is 6.22. The molecule has 8 heteroatoms. The van der Waals surface area contributed by atoms with E-state index in [-0.39, 0.29) is 18.2 Å². The summed E-state index contributed by atoms with van der Waals surface area (Å²) in [6.45, 7) is 3.02. The quantitative estimate of drug-likeness (QED) is 0.657. The highest BCUT2D eigenvalue weighted by Gasteiger charge is 2.43. The monoisotopic (exact) mass is 425 g/mol. The smallest absolute Gasteiger partial charge is 0.251 e. The van der Waals surface area contributed by atoms with Crippen LogP contribution in [0.1, 0.15) is 6.42 Å². The van der Waals surface area contributed by atoms with Crippen LogP contribution in [0.25, 0.3) is 0 Å². The maximum atomic E-state index is 13.2. The Labute approximate surface area is 181 Å². The van der Waals surface area contributed by atoms with Gasteiger partial charge >= 0.3 is 0 Å². The molecule has 0 N–H and O–H groups in total. The number of hydrogen-bond acceptors (Lipinski definition) is 7. The number of imide groups is 1. The van der Waals surface area contributed by atoms with Crippen molar-refractivity contribution in [2.75, 3.05) is 57.3 Å². The van der Waals surface area contributed by atoms with Crippen molar-refractivity contribution in [2.45, 2.75) is 12.5 Å². The second-order valence-corrected chi connectivity index (χ2v) is 7.55. The molecule has 4 rings (SSSR count). The molecule has 2 amide bonds. The molecule has 31 heavy (non-hydrogen) atoms. The number of nitrogens with zero attached hydrogens (tertiary/aromatic N) is 3. The number of ether oxygens (including phenoxy) is 3. The highest BCUT2D eigenvalue weighted by Crippen LogP contribution is 2.34. The van der Waals surface area contributed by atoms with Crippen molar-refractivity contribution in [1.82, 2.24) is 4.90 Å². The predicted molar refractivity (Wildman–Crippen MR) is 117 cm³/mol. The molecule has 0 aromatic heterocycles. The van der Waals surface area contributed by atoms with E-state index in [9.17, 15) is 9.59 Å². The van der Waals surface area contributed by atoms with Gasteiger partial charge in [-0.25, -0.2) is 4.90 Å². The second kappa shape index (κ2) is 8.85. The lowest BCUT2D eigenvalue weighted by molar-refractivity contribution is -0.123. The second-order valence-electron chi connectivity index (χ2n) is 7.55. The molecule has 0 saturated carbocycles. The van der Waals surface area contributed by atoms with Crippen LogP contribution in [-0.4, -0.2) is 70.3 Å². The normalized spacial score (nSPS) is 19.6. The lowest BCUT2D eigenvalue weighted by atomic mass is 10.1. The molecule has 8 nitrogen and oxygen atoms in total. The van der Waals surface area contributed by atoms with E-state index in [1.165, 1.54) is 12.0 Å². The maximum absolute atomic E-state index is 13.2. The molecule has 2 saturated heterocycles. The summed E-state index contributed by atoms with van der Waals surface area (Å²) >= 11 is 0. The van der Waals surface area contributed by atoms with Gasteiger partial charge in [-0.2, -0.15) is 0 Å². The Balaban J connectivity index is 1.43. The van der Waals surface area contributed by atoms with Gasteiger partial charge in [0.25, 0.3) is 5.91 Å². The van der Waals surface area contributed by atoms with E-state index in [0.29, 0.717) is 17.2 Å². The third kappa shape index (κ3) is 4.03. The molecule has 2 aromatic rings. The van der Waals surface area contributed by atoms with Crippen LogP contribution in [0, 0.1) is 0 Å². The maximum Gasteiger partial charge on any atom is 0.251 e. The fourth-order valence-electron chi connectivity index (χ4n) is 4.22. The van der Waals surface area contributed by atoms with E-state index in [0.717, 1.165) is 37.6 Å². The molecule has 0 aliphatic carbocycles. The molecule has 0 spiro atoms. The zero-order valence-corrected chi connectivity index (χ0v) is 18.0. The van der Waals surface area contributed by atoms with Gasteiger partial charge in [-0.3, -0.25) is 14.5 Å². The summed E-state index contributed by atoms with van der Waals surface area (Å²) in [5.74, 6) is 1.48. The third-order valence-electron chi connectivity index (χ3n) is 5.94. The summed E-state index contributed by atoms with van der Waals surface area (Å²) in [6.07, 6.45) is 0.190. The largest absolute Gasteiger partial charge is 0.497 e. The SMILES string of the molecule is COc1ccc(N2CCN([C@H]3CC(=O)N(c4ccc(OC)c(OC)c4)C3=O)CC2)cc1. The number of methoxy groups -OCH3 is 3. The van der Waals surface area contributed by atoms with Crippen molar-refractivity contribution in [3.63, 3.8) is 0 Å². The zero-order valence-electron chi connectivity index (χ0n) is 18.0. The predicted octanol–water partition coefficient (Wildman–Crippen LogP) is 2.17. The topological polar surface area (TPSA) is 71.6 Å². The fourth-order valence-corrected chi connectivity index (χ4v) is 4.22. The first-order valence-electron chi connectivity index (χ1n) is 10.3. The first-order valence-corrected chi connectivity index (χ1v) is 10.3. The Hall–Kier alpha value is -3.26. The standard InChI is InChI=1S/C23H27N3O5/c1-29-18-7-4-16(5-8-18)24-10-12-25(13-11-24)19-15-22(27)26(23(19)28)17-6-9-20(30-2)21(14-17)31-3/h4-9,14,19H,10-13,15H2,1-3H3/t19-/m0/s1. The van der Waals surface area contributed by atoms with Gasteiger partial charge in [0.05, 0.1) is 39.5 Å². The van der Waals surface area contributed by atoms with E-state index >= 15 is 0 Å². The third-order valence-corrected chi connectivity index (χ3v) is 5.94. The molecule has 0 bridgehead atoms. The van der Waals surface area contributed by atoms with Crippen LogP contribution in [-0.2, 0) is 9.59 Å². The Kier molecular flexibility index (Phi) is 5.99. The molecule has 164 valence electrons. The van der Waals surface area contributed by atoms with E-state index in [2.05, 4.69) is 9.80 Å². The summed E-state index contributed by atoms with van der Waals surface area (Å²) in [4.78, 5) is 31.5. The van der Waals surface area contributed by atoms with E-state index in [1.54, 1.807) is 32.4 Å². The number of hydrogen-bond donors (Lipinski definition) is 0. The van der Waals surface area contributed by atoms with Gasteiger partial charge in [0, 0.05) is 37.9 Å². The van der Waals surface area contributed by atoms with Crippen molar-refractivity contribution in [1.29, 1.82) is 0 Å². The minimum absolute atomic E-state index is 0.185. The van der Waals surface area contributed by atoms with Crippen LogP contribution in [0.3, 0.4) is 0 Å². The highest BCUT2D eigenvalue weighted by atomic mass is 16.5. The van der Waals surface area contributed by atoms with Crippen LogP contribution in [0.2, 0.25) is 0 Å². The van der Waals surface area contributed by atoms with Crippen molar-refractivity contribution in [3.8, 4) is 17.2 Å². The Morgan fingerprint density at radius 2 is 1.42 bits per heavy atom. The molecule has 0 radical (unpaired) electrons. The van der Waals surface area contributed by atoms with Gasteiger partial charge in [0.2, 0.25) is 5.91 Å². The van der Waals surface area contributed by atoms with Crippen molar-refractivity contribution >= 4 is 23.2 Å². The minimum Gasteiger partial charge on any atom is -0.497 e. The molecular formula is C23H27N3O5. The first-order chi connectivity index (χ1) is 15.0. The van der Waals surface area contributed by atoms with Crippen molar-refractivity contribution in [3.05, 3.63) is 42.5 Å². The van der Waals surface area contributed by atoms with Gasteiger partial charge in [0.15, 0.2) is 11.5 Å². The molecular weight excluding hydrogens is 398 g/mol. The first kappa shape index (κ1) is 21.0. The molecule has 2 fully saturated rings. The van der Waals surface area contributed by atoms with Gasteiger partial charge in [-0.15, -0.1) is 0 Å². The van der Waals surface area contributed by atoms with Gasteiger partial charge in [-0.05, 0) is 36.4 Å². The van der Waals surface area contributed by atoms with Crippen molar-refractivity contribution in [2.24, 2.45) is 0 Å². The summed E-state index contributed by atoms with van der Waals surface area (Å²) in [7, 11) is 4.73. The number of anilines is 2. The summed E-state index contributed by atoms with van der Waals surface area (Å²) in [5.41, 5.74) is 1.63. The van der Waals surface area contributed by atoms with Crippen LogP contribution < -0.4 is 24.0 Å². The molecule has 2 aromatic carbocycles. The average Bonchev–Trinajstić information content (AvgIpc) is 3.12. The number of piperazine rings is 1. The number of benzene rings is 2. The Bertz CT molecular complexity index is 954. The molecule has 0 unspecified atom stereocenters. The summed E-state index contributed by atoms with van der Waals surface area (Å²) in [6, 6.07) is 12.6. The van der Waals surface area contributed by atoms with E-state index < -0.39 is 6.04 Å². The number of carbonyl (C=O) groups is 2. The van der Waals surface area contributed by atoms with E-state index in [4.69, 9.17) is 14.2 Å². The molecule has 2 aliphatic rings. The summed E-state index contributed by atoms with van der Waals surface area (Å²) in [5, 5.41) is 0.